The maximum Gasteiger partial charge on any atom is 0.289 e. The predicted molar refractivity (Wildman–Crippen MR) is 95.4 cm³/mol. The van der Waals surface area contributed by atoms with Crippen LogP contribution in [0.5, 0.6) is 0 Å². The second-order valence-corrected chi connectivity index (χ2v) is 6.60. The molecule has 1 aliphatic rings. The van der Waals surface area contributed by atoms with E-state index in [9.17, 15) is 9.59 Å². The summed E-state index contributed by atoms with van der Waals surface area (Å²) in [7, 11) is 0. The summed E-state index contributed by atoms with van der Waals surface area (Å²) >= 11 is 0. The summed E-state index contributed by atoms with van der Waals surface area (Å²) in [5, 5.41) is 0. The number of carbonyl (C=O) groups excluding carboxylic acids is 2. The van der Waals surface area contributed by atoms with Gasteiger partial charge in [-0.1, -0.05) is 18.2 Å². The topological polar surface area (TPSA) is 53.8 Å². The molecular formula is C20H24N2O3. The lowest BCUT2D eigenvalue weighted by Gasteiger charge is -2.22. The zero-order chi connectivity index (χ0) is 17.8. The van der Waals surface area contributed by atoms with E-state index in [0.717, 1.165) is 12.0 Å². The van der Waals surface area contributed by atoms with E-state index in [2.05, 4.69) is 26.0 Å². The van der Waals surface area contributed by atoms with E-state index in [0.29, 0.717) is 38.4 Å². The molecule has 0 bridgehead atoms. The normalized spacial score (nSPS) is 15.1. The molecule has 0 N–H and O–H groups in total. The van der Waals surface area contributed by atoms with E-state index in [-0.39, 0.29) is 11.8 Å². The molecule has 2 aromatic rings. The molecule has 3 rings (SSSR count). The summed E-state index contributed by atoms with van der Waals surface area (Å²) in [6, 6.07) is 9.55. The van der Waals surface area contributed by atoms with Gasteiger partial charge in [0.1, 0.15) is 0 Å². The second-order valence-electron chi connectivity index (χ2n) is 6.60. The molecule has 25 heavy (non-hydrogen) atoms. The van der Waals surface area contributed by atoms with Crippen LogP contribution in [-0.4, -0.2) is 47.8 Å². The third-order valence-electron chi connectivity index (χ3n) is 4.79. The van der Waals surface area contributed by atoms with E-state index in [1.165, 1.54) is 17.4 Å². The van der Waals surface area contributed by atoms with Crippen molar-refractivity contribution in [2.45, 2.75) is 26.7 Å². The molecule has 0 aliphatic carbocycles. The van der Waals surface area contributed by atoms with Crippen LogP contribution in [0.25, 0.3) is 0 Å². The van der Waals surface area contributed by atoms with Gasteiger partial charge in [0, 0.05) is 26.2 Å². The van der Waals surface area contributed by atoms with Crippen LogP contribution in [0.3, 0.4) is 0 Å². The van der Waals surface area contributed by atoms with Gasteiger partial charge in [0.25, 0.3) is 5.91 Å². The minimum Gasteiger partial charge on any atom is -0.459 e. The van der Waals surface area contributed by atoms with Gasteiger partial charge < -0.3 is 14.2 Å². The van der Waals surface area contributed by atoms with E-state index in [1.807, 2.05) is 11.0 Å². The minimum absolute atomic E-state index is 0.103. The molecule has 0 unspecified atom stereocenters. The Labute approximate surface area is 148 Å². The highest BCUT2D eigenvalue weighted by molar-refractivity contribution is 5.91. The van der Waals surface area contributed by atoms with Gasteiger partial charge in [0.15, 0.2) is 5.76 Å². The molecule has 1 fully saturated rings. The molecule has 1 saturated heterocycles. The average molecular weight is 340 g/mol. The fourth-order valence-electron chi connectivity index (χ4n) is 3.13. The van der Waals surface area contributed by atoms with Gasteiger partial charge in [-0.3, -0.25) is 9.59 Å². The molecule has 1 aromatic heterocycles. The van der Waals surface area contributed by atoms with E-state index < -0.39 is 0 Å². The van der Waals surface area contributed by atoms with Crippen molar-refractivity contribution in [2.75, 3.05) is 26.2 Å². The van der Waals surface area contributed by atoms with Gasteiger partial charge in [0.2, 0.25) is 5.91 Å². The zero-order valence-electron chi connectivity index (χ0n) is 14.8. The largest absolute Gasteiger partial charge is 0.459 e. The number of rotatable bonds is 3. The van der Waals surface area contributed by atoms with E-state index >= 15 is 0 Å². The maximum atomic E-state index is 12.6. The molecular weight excluding hydrogens is 316 g/mol. The number of aryl methyl sites for hydroxylation is 2. The summed E-state index contributed by atoms with van der Waals surface area (Å²) in [5.74, 6) is 0.374. The number of benzene rings is 1. The quantitative estimate of drug-likeness (QED) is 0.863. The number of nitrogens with zero attached hydrogens (tertiary/aromatic N) is 2. The first-order valence-corrected chi connectivity index (χ1v) is 8.71. The molecule has 2 amide bonds. The summed E-state index contributed by atoms with van der Waals surface area (Å²) in [6.45, 7) is 6.57. The van der Waals surface area contributed by atoms with Gasteiger partial charge in [0.05, 0.1) is 12.7 Å². The van der Waals surface area contributed by atoms with Crippen molar-refractivity contribution in [3.8, 4) is 0 Å². The highest BCUT2D eigenvalue weighted by Crippen LogP contribution is 2.14. The molecule has 2 heterocycles. The third-order valence-corrected chi connectivity index (χ3v) is 4.79. The van der Waals surface area contributed by atoms with Crippen molar-refractivity contribution in [3.05, 3.63) is 59.0 Å². The molecule has 5 nitrogen and oxygen atoms in total. The number of hydrogen-bond acceptors (Lipinski definition) is 3. The predicted octanol–water partition coefficient (Wildman–Crippen LogP) is 2.81. The smallest absolute Gasteiger partial charge is 0.289 e. The molecule has 5 heteroatoms. The van der Waals surface area contributed by atoms with E-state index in [4.69, 9.17) is 4.42 Å². The molecule has 0 saturated carbocycles. The molecule has 132 valence electrons. The standard InChI is InChI=1S/C20H24N2O3/c1-15-6-7-17(13-16(15)2)14-19(23)21-8-4-9-22(11-10-21)20(24)18-5-3-12-25-18/h3,5-7,12-13H,4,8-11,14H2,1-2H3. The van der Waals surface area contributed by atoms with Crippen molar-refractivity contribution in [1.82, 2.24) is 9.80 Å². The number of carbonyl (C=O) groups is 2. The van der Waals surface area contributed by atoms with Crippen molar-refractivity contribution in [1.29, 1.82) is 0 Å². The average Bonchev–Trinajstić information content (AvgIpc) is 3.02. The molecule has 1 aliphatic heterocycles. The Morgan fingerprint density at radius 3 is 2.48 bits per heavy atom. The van der Waals surface area contributed by atoms with Crippen molar-refractivity contribution in [3.63, 3.8) is 0 Å². The van der Waals surface area contributed by atoms with Gasteiger partial charge in [-0.2, -0.15) is 0 Å². The van der Waals surface area contributed by atoms with Gasteiger partial charge in [-0.05, 0) is 49.1 Å². The van der Waals surface area contributed by atoms with Crippen molar-refractivity contribution < 1.29 is 14.0 Å². The summed E-state index contributed by atoms with van der Waals surface area (Å²) in [4.78, 5) is 28.6. The van der Waals surface area contributed by atoms with Crippen LogP contribution in [0.4, 0.5) is 0 Å². The Morgan fingerprint density at radius 1 is 1.00 bits per heavy atom. The van der Waals surface area contributed by atoms with Crippen molar-refractivity contribution in [2.24, 2.45) is 0 Å². The maximum absolute atomic E-state index is 12.6. The van der Waals surface area contributed by atoms with Crippen LogP contribution in [0.2, 0.25) is 0 Å². The van der Waals surface area contributed by atoms with Gasteiger partial charge in [-0.15, -0.1) is 0 Å². The van der Waals surface area contributed by atoms with Crippen LogP contribution in [-0.2, 0) is 11.2 Å². The third kappa shape index (κ3) is 4.10. The highest BCUT2D eigenvalue weighted by atomic mass is 16.3. The lowest BCUT2D eigenvalue weighted by Crippen LogP contribution is -2.37. The van der Waals surface area contributed by atoms with Crippen LogP contribution in [0.15, 0.2) is 41.0 Å². The monoisotopic (exact) mass is 340 g/mol. The fourth-order valence-corrected chi connectivity index (χ4v) is 3.13. The highest BCUT2D eigenvalue weighted by Gasteiger charge is 2.24. The zero-order valence-corrected chi connectivity index (χ0v) is 14.8. The fraction of sp³-hybridized carbons (Fsp3) is 0.400. The Balaban J connectivity index is 1.59. The molecule has 0 atom stereocenters. The first kappa shape index (κ1) is 17.3. The molecule has 0 spiro atoms. The minimum atomic E-state index is -0.103. The summed E-state index contributed by atoms with van der Waals surface area (Å²) < 4.78 is 5.19. The first-order valence-electron chi connectivity index (χ1n) is 8.71. The van der Waals surface area contributed by atoms with Gasteiger partial charge in [-0.25, -0.2) is 0 Å². The van der Waals surface area contributed by atoms with Crippen LogP contribution in [0, 0.1) is 13.8 Å². The molecule has 1 aromatic carbocycles. The SMILES string of the molecule is Cc1ccc(CC(=O)N2CCCN(C(=O)c3ccco3)CC2)cc1C. The van der Waals surface area contributed by atoms with Crippen LogP contribution >= 0.6 is 0 Å². The van der Waals surface area contributed by atoms with Crippen molar-refractivity contribution >= 4 is 11.8 Å². The Hall–Kier alpha value is -2.56. The van der Waals surface area contributed by atoms with Gasteiger partial charge >= 0.3 is 0 Å². The summed E-state index contributed by atoms with van der Waals surface area (Å²) in [6.07, 6.45) is 2.70. The Bertz CT molecular complexity index is 752. The molecule has 0 radical (unpaired) electrons. The Kier molecular flexibility index (Phi) is 5.22. The lowest BCUT2D eigenvalue weighted by molar-refractivity contribution is -0.130. The second kappa shape index (κ2) is 7.55. The first-order chi connectivity index (χ1) is 12.0. The number of hydrogen-bond donors (Lipinski definition) is 0. The van der Waals surface area contributed by atoms with E-state index in [1.54, 1.807) is 17.0 Å². The summed E-state index contributed by atoms with van der Waals surface area (Å²) in [5.41, 5.74) is 3.48. The Morgan fingerprint density at radius 2 is 1.76 bits per heavy atom. The number of furan rings is 1. The number of amides is 2. The lowest BCUT2D eigenvalue weighted by atomic mass is 10.0. The van der Waals surface area contributed by atoms with Crippen LogP contribution < -0.4 is 0 Å². The van der Waals surface area contributed by atoms with Crippen LogP contribution in [0.1, 0.15) is 33.7 Å².